The SMILES string of the molecule is Cc1cnc(N2CCN(C(=O)c3ccc(N4CCCC4=O)cc3C(=O)N3CCN(C)CC3)CC2)c(C)c1. The van der Waals surface area contributed by atoms with Crippen LogP contribution >= 0.6 is 0 Å². The first-order valence-electron chi connectivity index (χ1n) is 13.2. The number of rotatable bonds is 4. The highest BCUT2D eigenvalue weighted by atomic mass is 16.2. The zero-order valence-electron chi connectivity index (χ0n) is 22.1. The van der Waals surface area contributed by atoms with Gasteiger partial charge in [0.25, 0.3) is 11.8 Å². The van der Waals surface area contributed by atoms with Crippen LogP contribution in [0.4, 0.5) is 11.5 Å². The van der Waals surface area contributed by atoms with Crippen LogP contribution in [0.1, 0.15) is 44.7 Å². The first kappa shape index (κ1) is 25.2. The summed E-state index contributed by atoms with van der Waals surface area (Å²) in [5, 5.41) is 0. The van der Waals surface area contributed by atoms with Gasteiger partial charge >= 0.3 is 0 Å². The molecule has 9 heteroatoms. The van der Waals surface area contributed by atoms with E-state index in [1.807, 2.05) is 36.0 Å². The van der Waals surface area contributed by atoms with Crippen molar-refractivity contribution in [1.82, 2.24) is 19.7 Å². The summed E-state index contributed by atoms with van der Waals surface area (Å²) in [6.07, 6.45) is 3.20. The minimum absolute atomic E-state index is 0.0632. The van der Waals surface area contributed by atoms with Crippen molar-refractivity contribution < 1.29 is 14.4 Å². The van der Waals surface area contributed by atoms with Gasteiger partial charge in [0.2, 0.25) is 5.91 Å². The number of hydrogen-bond acceptors (Lipinski definition) is 6. The predicted molar refractivity (Wildman–Crippen MR) is 143 cm³/mol. The van der Waals surface area contributed by atoms with Gasteiger partial charge in [0.05, 0.1) is 11.1 Å². The Bertz CT molecular complexity index is 1200. The number of hydrogen-bond donors (Lipinski definition) is 0. The monoisotopic (exact) mass is 504 g/mol. The minimum Gasteiger partial charge on any atom is -0.353 e. The van der Waals surface area contributed by atoms with Crippen molar-refractivity contribution in [2.75, 3.05) is 75.8 Å². The van der Waals surface area contributed by atoms with Crippen molar-refractivity contribution in [2.24, 2.45) is 0 Å². The van der Waals surface area contributed by atoms with Gasteiger partial charge in [-0.15, -0.1) is 0 Å². The van der Waals surface area contributed by atoms with E-state index in [4.69, 9.17) is 0 Å². The van der Waals surface area contributed by atoms with Crippen LogP contribution in [-0.2, 0) is 4.79 Å². The highest BCUT2D eigenvalue weighted by Gasteiger charge is 2.31. The third kappa shape index (κ3) is 5.18. The Morgan fingerprint density at radius 1 is 0.811 bits per heavy atom. The summed E-state index contributed by atoms with van der Waals surface area (Å²) < 4.78 is 0. The number of piperazine rings is 2. The molecule has 3 amide bonds. The quantitative estimate of drug-likeness (QED) is 0.635. The van der Waals surface area contributed by atoms with E-state index in [-0.39, 0.29) is 17.7 Å². The topological polar surface area (TPSA) is 80.3 Å². The number of aryl methyl sites for hydroxylation is 2. The number of benzene rings is 1. The molecule has 5 rings (SSSR count). The van der Waals surface area contributed by atoms with Crippen molar-refractivity contribution in [3.05, 3.63) is 52.7 Å². The maximum absolute atomic E-state index is 13.7. The van der Waals surface area contributed by atoms with E-state index < -0.39 is 0 Å². The molecule has 3 saturated heterocycles. The van der Waals surface area contributed by atoms with Crippen LogP contribution in [-0.4, -0.2) is 103 Å². The Morgan fingerprint density at radius 3 is 2.08 bits per heavy atom. The Labute approximate surface area is 218 Å². The van der Waals surface area contributed by atoms with E-state index >= 15 is 0 Å². The first-order valence-corrected chi connectivity index (χ1v) is 13.2. The number of anilines is 2. The highest BCUT2D eigenvalue weighted by Crippen LogP contribution is 2.27. The molecule has 1 aromatic heterocycles. The number of nitrogens with zero attached hydrogens (tertiary/aromatic N) is 6. The second-order valence-corrected chi connectivity index (χ2v) is 10.4. The van der Waals surface area contributed by atoms with Gasteiger partial charge in [-0.3, -0.25) is 14.4 Å². The lowest BCUT2D eigenvalue weighted by atomic mass is 10.0. The summed E-state index contributed by atoms with van der Waals surface area (Å²) in [4.78, 5) is 54.2. The zero-order valence-corrected chi connectivity index (χ0v) is 22.1. The minimum atomic E-state index is -0.136. The van der Waals surface area contributed by atoms with E-state index in [1.54, 1.807) is 17.0 Å². The van der Waals surface area contributed by atoms with E-state index in [0.29, 0.717) is 69.0 Å². The van der Waals surface area contributed by atoms with Gasteiger partial charge in [0, 0.05) is 77.2 Å². The lowest BCUT2D eigenvalue weighted by Crippen LogP contribution is -2.50. The fourth-order valence-electron chi connectivity index (χ4n) is 5.50. The summed E-state index contributed by atoms with van der Waals surface area (Å²) in [6.45, 7) is 10.1. The van der Waals surface area contributed by atoms with E-state index in [1.165, 1.54) is 0 Å². The Balaban J connectivity index is 1.37. The number of carbonyl (C=O) groups excluding carboxylic acids is 3. The fraction of sp³-hybridized carbons (Fsp3) is 0.500. The molecule has 0 spiro atoms. The van der Waals surface area contributed by atoms with Gasteiger partial charge in [-0.1, -0.05) is 6.07 Å². The molecule has 0 aliphatic carbocycles. The molecule has 1 aromatic carbocycles. The van der Waals surface area contributed by atoms with Gasteiger partial charge in [0.1, 0.15) is 5.82 Å². The van der Waals surface area contributed by atoms with Gasteiger partial charge in [-0.05, 0) is 56.6 Å². The molecule has 0 atom stereocenters. The largest absolute Gasteiger partial charge is 0.353 e. The molecule has 9 nitrogen and oxygen atoms in total. The third-order valence-corrected chi connectivity index (χ3v) is 7.69. The molecule has 37 heavy (non-hydrogen) atoms. The molecule has 3 aliphatic rings. The smallest absolute Gasteiger partial charge is 0.254 e. The summed E-state index contributed by atoms with van der Waals surface area (Å²) in [5.74, 6) is 0.754. The van der Waals surface area contributed by atoms with Gasteiger partial charge < -0.3 is 24.5 Å². The zero-order chi connectivity index (χ0) is 26.1. The summed E-state index contributed by atoms with van der Waals surface area (Å²) in [7, 11) is 2.05. The summed E-state index contributed by atoms with van der Waals surface area (Å²) in [5.41, 5.74) is 3.77. The maximum Gasteiger partial charge on any atom is 0.254 e. The van der Waals surface area contributed by atoms with E-state index in [9.17, 15) is 14.4 Å². The summed E-state index contributed by atoms with van der Waals surface area (Å²) >= 11 is 0. The molecule has 0 radical (unpaired) electrons. The van der Waals surface area contributed by atoms with E-state index in [0.717, 1.165) is 36.5 Å². The number of pyridine rings is 1. The molecule has 3 aliphatic heterocycles. The number of amides is 3. The Kier molecular flexibility index (Phi) is 7.15. The van der Waals surface area contributed by atoms with Crippen molar-refractivity contribution >= 4 is 29.2 Å². The molecule has 0 unspecified atom stereocenters. The molecular weight excluding hydrogens is 468 g/mol. The van der Waals surface area contributed by atoms with Gasteiger partial charge in [-0.2, -0.15) is 0 Å². The molecule has 2 aromatic rings. The molecule has 196 valence electrons. The van der Waals surface area contributed by atoms with Gasteiger partial charge in [0.15, 0.2) is 0 Å². The van der Waals surface area contributed by atoms with Crippen molar-refractivity contribution in [1.29, 1.82) is 0 Å². The lowest BCUT2D eigenvalue weighted by Gasteiger charge is -2.37. The van der Waals surface area contributed by atoms with Crippen LogP contribution in [0.15, 0.2) is 30.5 Å². The average molecular weight is 505 g/mol. The highest BCUT2D eigenvalue weighted by molar-refractivity contribution is 6.09. The first-order chi connectivity index (χ1) is 17.8. The standard InChI is InChI=1S/C28H36N6O3/c1-20-17-21(2)26(29-19-20)31-13-15-33(16-14-31)27(36)23-7-6-22(34-8-4-5-25(34)35)18-24(23)28(37)32-11-9-30(3)10-12-32/h6-7,17-19H,4-5,8-16H2,1-3H3. The average Bonchev–Trinajstić information content (AvgIpc) is 3.34. The Morgan fingerprint density at radius 2 is 1.46 bits per heavy atom. The van der Waals surface area contributed by atoms with Crippen LogP contribution in [0, 0.1) is 13.8 Å². The number of aromatic nitrogens is 1. The van der Waals surface area contributed by atoms with Crippen LogP contribution < -0.4 is 9.80 Å². The third-order valence-electron chi connectivity index (χ3n) is 7.69. The fourth-order valence-corrected chi connectivity index (χ4v) is 5.50. The second-order valence-electron chi connectivity index (χ2n) is 10.4. The van der Waals surface area contributed by atoms with Crippen LogP contribution in [0.2, 0.25) is 0 Å². The van der Waals surface area contributed by atoms with Crippen LogP contribution in [0.3, 0.4) is 0 Å². The lowest BCUT2D eigenvalue weighted by molar-refractivity contribution is -0.117. The van der Waals surface area contributed by atoms with Crippen molar-refractivity contribution in [2.45, 2.75) is 26.7 Å². The normalized spacial score (nSPS) is 19.1. The van der Waals surface area contributed by atoms with E-state index in [2.05, 4.69) is 27.8 Å². The summed E-state index contributed by atoms with van der Waals surface area (Å²) in [6, 6.07) is 7.44. The second kappa shape index (κ2) is 10.5. The molecule has 0 bridgehead atoms. The molecular formula is C28H36N6O3. The maximum atomic E-state index is 13.7. The Hall–Kier alpha value is -3.46. The number of carbonyl (C=O) groups is 3. The molecule has 3 fully saturated rings. The van der Waals surface area contributed by atoms with Gasteiger partial charge in [-0.25, -0.2) is 4.98 Å². The van der Waals surface area contributed by atoms with Crippen molar-refractivity contribution in [3.8, 4) is 0 Å². The molecule has 4 heterocycles. The van der Waals surface area contributed by atoms with Crippen LogP contribution in [0.5, 0.6) is 0 Å². The molecule has 0 N–H and O–H groups in total. The predicted octanol–water partition coefficient (Wildman–Crippen LogP) is 2.18. The molecule has 0 saturated carbocycles. The van der Waals surface area contributed by atoms with Crippen molar-refractivity contribution in [3.63, 3.8) is 0 Å². The number of likely N-dealkylation sites (N-methyl/N-ethyl adjacent to an activating group) is 1. The van der Waals surface area contributed by atoms with Crippen LogP contribution in [0.25, 0.3) is 0 Å².